The first-order valence-corrected chi connectivity index (χ1v) is 8.28. The molecule has 1 aromatic carbocycles. The Bertz CT molecular complexity index is 778. The van der Waals surface area contributed by atoms with Gasteiger partial charge < -0.3 is 15.7 Å². The molecule has 0 aliphatic rings. The highest BCUT2D eigenvalue weighted by Crippen LogP contribution is 2.13. The number of sulfonamides is 1. The van der Waals surface area contributed by atoms with Crippen LogP contribution in [-0.2, 0) is 19.6 Å². The van der Waals surface area contributed by atoms with Gasteiger partial charge in [0, 0.05) is 24.9 Å². The molecule has 0 spiro atoms. The van der Waals surface area contributed by atoms with Crippen molar-refractivity contribution in [3.8, 4) is 6.07 Å². The van der Waals surface area contributed by atoms with Crippen molar-refractivity contribution in [2.24, 2.45) is 5.14 Å². The smallest absolute Gasteiger partial charge is 0.303 e. The van der Waals surface area contributed by atoms with E-state index < -0.39 is 21.9 Å². The molecular formula is C14H16N4O5S. The number of nitrogens with one attached hydrogen (secondary N) is 2. The van der Waals surface area contributed by atoms with Crippen molar-refractivity contribution in [2.45, 2.75) is 17.7 Å². The van der Waals surface area contributed by atoms with Crippen LogP contribution in [0.3, 0.4) is 0 Å². The summed E-state index contributed by atoms with van der Waals surface area (Å²) in [5.74, 6) is -1.62. The summed E-state index contributed by atoms with van der Waals surface area (Å²) in [5, 5.41) is 27.5. The number of hydrogen-bond donors (Lipinski definition) is 4. The van der Waals surface area contributed by atoms with Crippen molar-refractivity contribution >= 4 is 27.6 Å². The SMILES string of the molecule is N#C/C(=C/NCCCC(=O)O)C(=O)Nc1ccc(S(N)(=O)=O)cc1. The van der Waals surface area contributed by atoms with Gasteiger partial charge in [-0.1, -0.05) is 0 Å². The van der Waals surface area contributed by atoms with Crippen LogP contribution in [0.4, 0.5) is 5.69 Å². The topological polar surface area (TPSA) is 162 Å². The van der Waals surface area contributed by atoms with E-state index >= 15 is 0 Å². The van der Waals surface area contributed by atoms with Crippen LogP contribution in [0.15, 0.2) is 40.9 Å². The summed E-state index contributed by atoms with van der Waals surface area (Å²) in [6.07, 6.45) is 1.52. The number of carbonyl (C=O) groups excluding carboxylic acids is 1. The molecule has 9 nitrogen and oxygen atoms in total. The van der Waals surface area contributed by atoms with Gasteiger partial charge in [0.15, 0.2) is 0 Å². The average molecular weight is 352 g/mol. The highest BCUT2D eigenvalue weighted by atomic mass is 32.2. The maximum Gasteiger partial charge on any atom is 0.303 e. The number of benzene rings is 1. The summed E-state index contributed by atoms with van der Waals surface area (Å²) >= 11 is 0. The standard InChI is InChI=1S/C14H16N4O5S/c15-8-10(9-17-7-1-2-13(19)20)14(21)18-11-3-5-12(6-4-11)24(16,22)23/h3-6,9,17H,1-2,7H2,(H,18,21)(H,19,20)(H2,16,22,23)/b10-9-. The van der Waals surface area contributed by atoms with E-state index in [1.54, 1.807) is 6.07 Å². The maximum atomic E-state index is 11.9. The lowest BCUT2D eigenvalue weighted by Gasteiger charge is -2.06. The number of anilines is 1. The van der Waals surface area contributed by atoms with E-state index in [1.165, 1.54) is 30.5 Å². The Balaban J connectivity index is 2.64. The second kappa shape index (κ2) is 8.66. The van der Waals surface area contributed by atoms with E-state index in [0.29, 0.717) is 18.7 Å². The number of carboxylic acids is 1. The predicted molar refractivity (Wildman–Crippen MR) is 85.0 cm³/mol. The number of primary sulfonamides is 1. The zero-order chi connectivity index (χ0) is 18.2. The van der Waals surface area contributed by atoms with Crippen molar-refractivity contribution in [1.29, 1.82) is 5.26 Å². The number of aliphatic carboxylic acids is 1. The van der Waals surface area contributed by atoms with Crippen LogP contribution in [-0.4, -0.2) is 31.9 Å². The third-order valence-corrected chi connectivity index (χ3v) is 3.69. The van der Waals surface area contributed by atoms with Gasteiger partial charge in [0.05, 0.1) is 4.90 Å². The lowest BCUT2D eigenvalue weighted by atomic mass is 10.2. The monoisotopic (exact) mass is 352 g/mol. The fourth-order valence-electron chi connectivity index (χ4n) is 1.59. The van der Waals surface area contributed by atoms with E-state index in [2.05, 4.69) is 10.6 Å². The van der Waals surface area contributed by atoms with Crippen molar-refractivity contribution < 1.29 is 23.1 Å². The number of nitrogens with zero attached hydrogens (tertiary/aromatic N) is 1. The lowest BCUT2D eigenvalue weighted by molar-refractivity contribution is -0.137. The molecule has 0 radical (unpaired) electrons. The van der Waals surface area contributed by atoms with Gasteiger partial charge in [-0.15, -0.1) is 0 Å². The summed E-state index contributed by atoms with van der Waals surface area (Å²) in [6, 6.07) is 6.85. The van der Waals surface area contributed by atoms with Crippen LogP contribution < -0.4 is 15.8 Å². The summed E-state index contributed by atoms with van der Waals surface area (Å²) in [5.41, 5.74) is 0.0836. The molecule has 0 heterocycles. The minimum absolute atomic E-state index is 0.0225. The third kappa shape index (κ3) is 6.47. The molecular weight excluding hydrogens is 336 g/mol. The molecule has 0 aliphatic carbocycles. The quantitative estimate of drug-likeness (QED) is 0.293. The van der Waals surface area contributed by atoms with E-state index in [4.69, 9.17) is 15.5 Å². The van der Waals surface area contributed by atoms with Crippen LogP contribution in [0.1, 0.15) is 12.8 Å². The van der Waals surface area contributed by atoms with Crippen molar-refractivity contribution in [3.05, 3.63) is 36.0 Å². The molecule has 24 heavy (non-hydrogen) atoms. The maximum absolute atomic E-state index is 11.9. The average Bonchev–Trinajstić information content (AvgIpc) is 2.50. The van der Waals surface area contributed by atoms with Crippen LogP contribution in [0.2, 0.25) is 0 Å². The van der Waals surface area contributed by atoms with Crippen LogP contribution >= 0.6 is 0 Å². The molecule has 10 heteroatoms. The second-order valence-electron chi connectivity index (χ2n) is 4.64. The Morgan fingerprint density at radius 2 is 1.92 bits per heavy atom. The normalized spacial score (nSPS) is 11.4. The number of carbonyl (C=O) groups is 2. The number of carboxylic acid groups (broad SMARTS) is 1. The van der Waals surface area contributed by atoms with Gasteiger partial charge in [-0.2, -0.15) is 5.26 Å². The predicted octanol–water partition coefficient (Wildman–Crippen LogP) is 0.134. The number of rotatable bonds is 8. The van der Waals surface area contributed by atoms with Gasteiger partial charge in [-0.05, 0) is 30.7 Å². The van der Waals surface area contributed by atoms with E-state index in [9.17, 15) is 18.0 Å². The molecule has 0 bridgehead atoms. The largest absolute Gasteiger partial charge is 0.481 e. The molecule has 0 aromatic heterocycles. The molecule has 0 saturated heterocycles. The molecule has 0 saturated carbocycles. The molecule has 0 fully saturated rings. The highest BCUT2D eigenvalue weighted by molar-refractivity contribution is 7.89. The number of nitrogens with two attached hydrogens (primary N) is 1. The zero-order valence-electron chi connectivity index (χ0n) is 12.5. The van der Waals surface area contributed by atoms with Crippen molar-refractivity contribution in [3.63, 3.8) is 0 Å². The first-order valence-electron chi connectivity index (χ1n) is 6.73. The highest BCUT2D eigenvalue weighted by Gasteiger charge is 2.11. The van der Waals surface area contributed by atoms with Crippen LogP contribution in [0.25, 0.3) is 0 Å². The summed E-state index contributed by atoms with van der Waals surface area (Å²) in [4.78, 5) is 22.2. The second-order valence-corrected chi connectivity index (χ2v) is 6.21. The van der Waals surface area contributed by atoms with E-state index in [0.717, 1.165) is 0 Å². The van der Waals surface area contributed by atoms with Crippen molar-refractivity contribution in [2.75, 3.05) is 11.9 Å². The Morgan fingerprint density at radius 3 is 2.42 bits per heavy atom. The molecule has 0 aliphatic heterocycles. The number of hydrogen-bond acceptors (Lipinski definition) is 6. The Kier molecular flexibility index (Phi) is 6.91. The zero-order valence-corrected chi connectivity index (χ0v) is 13.3. The van der Waals surface area contributed by atoms with E-state index in [-0.39, 0.29) is 16.9 Å². The fourth-order valence-corrected chi connectivity index (χ4v) is 2.11. The van der Waals surface area contributed by atoms with Gasteiger partial charge >= 0.3 is 5.97 Å². The van der Waals surface area contributed by atoms with Crippen LogP contribution in [0, 0.1) is 11.3 Å². The lowest BCUT2D eigenvalue weighted by Crippen LogP contribution is -2.18. The molecule has 1 aromatic rings. The molecule has 128 valence electrons. The minimum Gasteiger partial charge on any atom is -0.481 e. The van der Waals surface area contributed by atoms with Crippen LogP contribution in [0.5, 0.6) is 0 Å². The minimum atomic E-state index is -3.82. The van der Waals surface area contributed by atoms with E-state index in [1.807, 2.05) is 0 Å². The summed E-state index contributed by atoms with van der Waals surface area (Å²) < 4.78 is 22.3. The Labute approximate surface area is 138 Å². The molecule has 1 amide bonds. The Hall–Kier alpha value is -2.90. The van der Waals surface area contributed by atoms with Gasteiger partial charge in [-0.3, -0.25) is 9.59 Å². The first-order chi connectivity index (χ1) is 11.2. The van der Waals surface area contributed by atoms with Gasteiger partial charge in [0.2, 0.25) is 10.0 Å². The van der Waals surface area contributed by atoms with Gasteiger partial charge in [0.1, 0.15) is 11.6 Å². The van der Waals surface area contributed by atoms with Gasteiger partial charge in [0.25, 0.3) is 5.91 Å². The Morgan fingerprint density at radius 1 is 1.29 bits per heavy atom. The number of nitriles is 1. The third-order valence-electron chi connectivity index (χ3n) is 2.76. The molecule has 1 rings (SSSR count). The summed E-state index contributed by atoms with van der Waals surface area (Å²) in [7, 11) is -3.82. The number of amides is 1. The molecule has 5 N–H and O–H groups in total. The fraction of sp³-hybridized carbons (Fsp3) is 0.214. The first kappa shape index (κ1) is 19.1. The summed E-state index contributed by atoms with van der Waals surface area (Å²) in [6.45, 7) is 0.299. The molecule has 0 unspecified atom stereocenters. The van der Waals surface area contributed by atoms with Crippen molar-refractivity contribution in [1.82, 2.24) is 5.32 Å². The molecule has 0 atom stereocenters. The van der Waals surface area contributed by atoms with Gasteiger partial charge in [-0.25, -0.2) is 13.6 Å².